The van der Waals surface area contributed by atoms with Crippen molar-refractivity contribution < 1.29 is 4.52 Å². The molecule has 3 aromatic heterocycles. The first-order valence-corrected chi connectivity index (χ1v) is 8.77. The number of pyridine rings is 1. The molecule has 1 aliphatic rings. The van der Waals surface area contributed by atoms with E-state index in [0.717, 1.165) is 42.0 Å². The highest BCUT2D eigenvalue weighted by atomic mass is 16.5. The van der Waals surface area contributed by atoms with Crippen molar-refractivity contribution in [3.8, 4) is 28.5 Å². The molecule has 0 aliphatic carbocycles. The Kier molecular flexibility index (Phi) is 3.75. The Morgan fingerprint density at radius 1 is 1.19 bits per heavy atom. The largest absolute Gasteiger partial charge is 0.334 e. The molecule has 27 heavy (non-hydrogen) atoms. The minimum Gasteiger partial charge on any atom is -0.334 e. The monoisotopic (exact) mass is 359 g/mol. The number of hydrogen-bond donors (Lipinski definition) is 1. The third kappa shape index (κ3) is 2.80. The molecule has 0 spiro atoms. The first-order chi connectivity index (χ1) is 13.3. The summed E-state index contributed by atoms with van der Waals surface area (Å²) in [4.78, 5) is 9.18. The first kappa shape index (κ1) is 15.8. The average Bonchev–Trinajstić information content (AvgIpc) is 3.40. The standard InChI is InChI=1S/C19H17N7O/c1-12-17(16-5-6-20-8-14(16)9-21-12)18-24-19(27-25-18)13-3-2-4-15(7-13)26-10-22-23-11-26/h2-4,7,9-11,20H,5-6,8H2,1H3. The lowest BCUT2D eigenvalue weighted by Crippen LogP contribution is -2.24. The average molecular weight is 359 g/mol. The minimum atomic E-state index is 0.478. The molecule has 0 bridgehead atoms. The Morgan fingerprint density at radius 2 is 2.07 bits per heavy atom. The molecule has 1 N–H and O–H groups in total. The Labute approximate surface area is 155 Å². The van der Waals surface area contributed by atoms with Crippen LogP contribution < -0.4 is 5.32 Å². The first-order valence-electron chi connectivity index (χ1n) is 8.77. The van der Waals surface area contributed by atoms with Gasteiger partial charge in [-0.3, -0.25) is 9.55 Å². The third-order valence-corrected chi connectivity index (χ3v) is 4.79. The zero-order valence-corrected chi connectivity index (χ0v) is 14.8. The van der Waals surface area contributed by atoms with Crippen molar-refractivity contribution in [3.63, 3.8) is 0 Å². The summed E-state index contributed by atoms with van der Waals surface area (Å²) in [5.74, 6) is 1.06. The van der Waals surface area contributed by atoms with Crippen molar-refractivity contribution in [2.24, 2.45) is 0 Å². The molecule has 5 rings (SSSR count). The lowest BCUT2D eigenvalue weighted by molar-refractivity contribution is 0.432. The van der Waals surface area contributed by atoms with Gasteiger partial charge in [0.1, 0.15) is 12.7 Å². The molecule has 4 heterocycles. The van der Waals surface area contributed by atoms with E-state index in [0.29, 0.717) is 11.7 Å². The number of aromatic nitrogens is 6. The molecule has 0 amide bonds. The number of nitrogens with one attached hydrogen (secondary N) is 1. The van der Waals surface area contributed by atoms with Gasteiger partial charge in [0.05, 0.1) is 0 Å². The number of hydrogen-bond acceptors (Lipinski definition) is 7. The Hall–Kier alpha value is -3.39. The lowest BCUT2D eigenvalue weighted by atomic mass is 9.95. The highest BCUT2D eigenvalue weighted by Gasteiger charge is 2.21. The maximum absolute atomic E-state index is 5.58. The van der Waals surface area contributed by atoms with Crippen LogP contribution in [0.15, 0.2) is 47.6 Å². The zero-order chi connectivity index (χ0) is 18.2. The van der Waals surface area contributed by atoms with E-state index in [1.165, 1.54) is 11.1 Å². The summed E-state index contributed by atoms with van der Waals surface area (Å²) in [6.45, 7) is 3.75. The normalized spacial score (nSPS) is 13.5. The summed E-state index contributed by atoms with van der Waals surface area (Å²) in [7, 11) is 0. The van der Waals surface area contributed by atoms with Gasteiger partial charge in [-0.15, -0.1) is 10.2 Å². The van der Waals surface area contributed by atoms with E-state index in [4.69, 9.17) is 4.52 Å². The molecule has 0 radical (unpaired) electrons. The highest BCUT2D eigenvalue weighted by Crippen LogP contribution is 2.30. The molecule has 1 aromatic carbocycles. The van der Waals surface area contributed by atoms with Crippen LogP contribution in [-0.4, -0.2) is 36.4 Å². The Morgan fingerprint density at radius 3 is 2.96 bits per heavy atom. The fourth-order valence-corrected chi connectivity index (χ4v) is 3.44. The molecular weight excluding hydrogens is 342 g/mol. The molecule has 1 aliphatic heterocycles. The molecule has 0 saturated heterocycles. The van der Waals surface area contributed by atoms with Gasteiger partial charge in [-0.2, -0.15) is 4.98 Å². The van der Waals surface area contributed by atoms with Crippen molar-refractivity contribution in [1.82, 2.24) is 35.2 Å². The van der Waals surface area contributed by atoms with E-state index >= 15 is 0 Å². The molecular formula is C19H17N7O. The van der Waals surface area contributed by atoms with Crippen molar-refractivity contribution in [2.75, 3.05) is 6.54 Å². The van der Waals surface area contributed by atoms with E-state index in [9.17, 15) is 0 Å². The van der Waals surface area contributed by atoms with Crippen LogP contribution in [0.3, 0.4) is 0 Å². The number of benzene rings is 1. The van der Waals surface area contributed by atoms with E-state index in [2.05, 4.69) is 30.6 Å². The van der Waals surface area contributed by atoms with Crippen LogP contribution in [0.2, 0.25) is 0 Å². The van der Waals surface area contributed by atoms with Gasteiger partial charge in [0, 0.05) is 35.2 Å². The van der Waals surface area contributed by atoms with Gasteiger partial charge in [-0.1, -0.05) is 11.2 Å². The van der Waals surface area contributed by atoms with Gasteiger partial charge >= 0.3 is 0 Å². The smallest absolute Gasteiger partial charge is 0.258 e. The van der Waals surface area contributed by atoms with Crippen LogP contribution >= 0.6 is 0 Å². The minimum absolute atomic E-state index is 0.478. The fraction of sp³-hybridized carbons (Fsp3) is 0.211. The Balaban J connectivity index is 1.56. The summed E-state index contributed by atoms with van der Waals surface area (Å²) >= 11 is 0. The zero-order valence-electron chi connectivity index (χ0n) is 14.8. The second-order valence-electron chi connectivity index (χ2n) is 6.49. The second-order valence-corrected chi connectivity index (χ2v) is 6.49. The van der Waals surface area contributed by atoms with Crippen molar-refractivity contribution in [1.29, 1.82) is 0 Å². The molecule has 8 nitrogen and oxygen atoms in total. The van der Waals surface area contributed by atoms with Crippen molar-refractivity contribution >= 4 is 0 Å². The predicted molar refractivity (Wildman–Crippen MR) is 98.0 cm³/mol. The van der Waals surface area contributed by atoms with Crippen LogP contribution in [-0.2, 0) is 13.0 Å². The maximum atomic E-state index is 5.58. The van der Waals surface area contributed by atoms with Crippen LogP contribution in [0.5, 0.6) is 0 Å². The lowest BCUT2D eigenvalue weighted by Gasteiger charge is -2.19. The summed E-state index contributed by atoms with van der Waals surface area (Å²) < 4.78 is 7.41. The van der Waals surface area contributed by atoms with Crippen LogP contribution in [0, 0.1) is 6.92 Å². The van der Waals surface area contributed by atoms with E-state index in [1.54, 1.807) is 12.7 Å². The second kappa shape index (κ2) is 6.40. The van der Waals surface area contributed by atoms with Gasteiger partial charge in [0.15, 0.2) is 0 Å². The van der Waals surface area contributed by atoms with Gasteiger partial charge < -0.3 is 9.84 Å². The highest BCUT2D eigenvalue weighted by molar-refractivity contribution is 5.67. The summed E-state index contributed by atoms with van der Waals surface area (Å²) in [5.41, 5.74) is 6.13. The SMILES string of the molecule is Cc1ncc2c(c1-c1noc(-c3cccc(-n4cnnc4)c3)n1)CCNC2. The summed E-state index contributed by atoms with van der Waals surface area (Å²) in [6.07, 6.45) is 6.17. The van der Waals surface area contributed by atoms with E-state index in [1.807, 2.05) is 42.0 Å². The number of fused-ring (bicyclic) bond motifs is 1. The molecule has 134 valence electrons. The van der Waals surface area contributed by atoms with E-state index in [-0.39, 0.29) is 0 Å². The Bertz CT molecular complexity index is 1100. The number of nitrogens with zero attached hydrogens (tertiary/aromatic N) is 6. The topological polar surface area (TPSA) is 94.5 Å². The molecule has 0 saturated carbocycles. The van der Waals surface area contributed by atoms with Gasteiger partial charge in [0.25, 0.3) is 5.89 Å². The number of rotatable bonds is 3. The fourth-order valence-electron chi connectivity index (χ4n) is 3.44. The van der Waals surface area contributed by atoms with E-state index < -0.39 is 0 Å². The van der Waals surface area contributed by atoms with Gasteiger partial charge in [-0.05, 0) is 49.2 Å². The van der Waals surface area contributed by atoms with Crippen LogP contribution in [0.1, 0.15) is 16.8 Å². The summed E-state index contributed by atoms with van der Waals surface area (Å²) in [5, 5.41) is 15.3. The molecule has 8 heteroatoms. The van der Waals surface area contributed by atoms with Gasteiger partial charge in [0.2, 0.25) is 5.82 Å². The van der Waals surface area contributed by atoms with Crippen molar-refractivity contribution in [3.05, 3.63) is 59.9 Å². The quantitative estimate of drug-likeness (QED) is 0.600. The molecule has 0 unspecified atom stereocenters. The predicted octanol–water partition coefficient (Wildman–Crippen LogP) is 2.33. The van der Waals surface area contributed by atoms with Crippen LogP contribution in [0.4, 0.5) is 0 Å². The summed E-state index contributed by atoms with van der Waals surface area (Å²) in [6, 6.07) is 7.83. The molecule has 0 fully saturated rings. The molecule has 4 aromatic rings. The number of aryl methyl sites for hydroxylation is 1. The van der Waals surface area contributed by atoms with Crippen LogP contribution in [0.25, 0.3) is 28.5 Å². The van der Waals surface area contributed by atoms with Gasteiger partial charge in [-0.25, -0.2) is 0 Å². The maximum Gasteiger partial charge on any atom is 0.258 e. The van der Waals surface area contributed by atoms with Crippen molar-refractivity contribution in [2.45, 2.75) is 19.9 Å². The third-order valence-electron chi connectivity index (χ3n) is 4.79. The molecule has 0 atom stereocenters.